The molecule has 106 valence electrons. The molecule has 1 aromatic carbocycles. The van der Waals surface area contributed by atoms with Crippen molar-refractivity contribution in [3.63, 3.8) is 0 Å². The Morgan fingerprint density at radius 3 is 2.53 bits per heavy atom. The first-order valence-electron chi connectivity index (χ1n) is 6.03. The smallest absolute Gasteiger partial charge is 0.243 e. The Morgan fingerprint density at radius 2 is 1.95 bits per heavy atom. The van der Waals surface area contributed by atoms with E-state index in [2.05, 4.69) is 0 Å². The molecule has 0 radical (unpaired) electrons. The van der Waals surface area contributed by atoms with E-state index in [1.165, 1.54) is 17.4 Å². The highest BCUT2D eigenvalue weighted by molar-refractivity contribution is 7.89. The van der Waals surface area contributed by atoms with Crippen LogP contribution in [0.3, 0.4) is 0 Å². The predicted octanol–water partition coefficient (Wildman–Crippen LogP) is 1.21. The molecule has 1 aromatic rings. The minimum absolute atomic E-state index is 0.0963. The molecule has 0 aliphatic carbocycles. The van der Waals surface area contributed by atoms with Gasteiger partial charge in [-0.05, 0) is 31.0 Å². The number of hydrogen-bond acceptors (Lipinski definition) is 4. The van der Waals surface area contributed by atoms with Crippen molar-refractivity contribution in [2.24, 2.45) is 0 Å². The second kappa shape index (κ2) is 5.44. The van der Waals surface area contributed by atoms with Gasteiger partial charge in [-0.25, -0.2) is 12.8 Å². The zero-order valence-electron chi connectivity index (χ0n) is 10.7. The Morgan fingerprint density at radius 1 is 1.32 bits per heavy atom. The summed E-state index contributed by atoms with van der Waals surface area (Å²) in [7, 11) is -2.22. The number of sulfonamides is 1. The van der Waals surface area contributed by atoms with Crippen molar-refractivity contribution in [2.45, 2.75) is 23.8 Å². The van der Waals surface area contributed by atoms with Crippen LogP contribution < -0.4 is 5.73 Å². The van der Waals surface area contributed by atoms with Crippen molar-refractivity contribution >= 4 is 15.7 Å². The maximum Gasteiger partial charge on any atom is 0.243 e. The second-order valence-electron chi connectivity index (χ2n) is 4.59. The summed E-state index contributed by atoms with van der Waals surface area (Å²) in [6.45, 7) is 1.08. The van der Waals surface area contributed by atoms with Crippen LogP contribution in [0.15, 0.2) is 23.1 Å². The van der Waals surface area contributed by atoms with Gasteiger partial charge in [0.15, 0.2) is 0 Å². The molecule has 0 atom stereocenters. The summed E-state index contributed by atoms with van der Waals surface area (Å²) in [5, 5.41) is 0. The lowest BCUT2D eigenvalue weighted by molar-refractivity contribution is 0.0632. The molecule has 0 bridgehead atoms. The van der Waals surface area contributed by atoms with Gasteiger partial charge < -0.3 is 10.5 Å². The zero-order chi connectivity index (χ0) is 14.0. The third-order valence-corrected chi connectivity index (χ3v) is 5.16. The fraction of sp³-hybridized carbons (Fsp3) is 0.500. The highest BCUT2D eigenvalue weighted by Crippen LogP contribution is 2.23. The van der Waals surface area contributed by atoms with Crippen molar-refractivity contribution in [3.05, 3.63) is 24.0 Å². The van der Waals surface area contributed by atoms with E-state index in [0.29, 0.717) is 26.1 Å². The van der Waals surface area contributed by atoms with E-state index in [0.717, 1.165) is 12.1 Å². The van der Waals surface area contributed by atoms with E-state index < -0.39 is 15.8 Å². The number of benzene rings is 1. The lowest BCUT2D eigenvalue weighted by Crippen LogP contribution is -2.40. The number of anilines is 1. The van der Waals surface area contributed by atoms with Crippen LogP contribution in [0.4, 0.5) is 10.1 Å². The SMILES string of the molecule is CN(C1CCOCC1)S(=O)(=O)c1cc(N)cc(F)c1. The molecule has 0 aromatic heterocycles. The second-order valence-corrected chi connectivity index (χ2v) is 6.58. The molecule has 1 heterocycles. The van der Waals surface area contributed by atoms with Gasteiger partial charge in [0.1, 0.15) is 5.82 Å². The molecule has 7 heteroatoms. The maximum atomic E-state index is 13.3. The van der Waals surface area contributed by atoms with E-state index in [4.69, 9.17) is 10.5 Å². The molecular formula is C12H17FN2O3S. The Hall–Kier alpha value is -1.18. The highest BCUT2D eigenvalue weighted by Gasteiger charge is 2.29. The molecule has 5 nitrogen and oxygen atoms in total. The van der Waals surface area contributed by atoms with Gasteiger partial charge in [-0.15, -0.1) is 0 Å². The first-order chi connectivity index (χ1) is 8.91. The third-order valence-electron chi connectivity index (χ3n) is 3.28. The van der Waals surface area contributed by atoms with Crippen LogP contribution in [0.5, 0.6) is 0 Å². The lowest BCUT2D eigenvalue weighted by Gasteiger charge is -2.30. The summed E-state index contributed by atoms with van der Waals surface area (Å²) in [5.74, 6) is -0.654. The maximum absolute atomic E-state index is 13.3. The summed E-state index contributed by atoms with van der Waals surface area (Å²) < 4.78 is 44.6. The minimum atomic E-state index is -3.73. The third kappa shape index (κ3) is 3.05. The van der Waals surface area contributed by atoms with Crippen molar-refractivity contribution in [1.82, 2.24) is 4.31 Å². The number of rotatable bonds is 3. The van der Waals surface area contributed by atoms with Gasteiger partial charge in [0.25, 0.3) is 0 Å². The molecule has 0 saturated carbocycles. The van der Waals surface area contributed by atoms with Crippen LogP contribution in [-0.2, 0) is 14.8 Å². The molecule has 1 aliphatic rings. The zero-order valence-corrected chi connectivity index (χ0v) is 11.5. The van der Waals surface area contributed by atoms with Gasteiger partial charge in [-0.2, -0.15) is 4.31 Å². The number of nitrogen functional groups attached to an aromatic ring is 1. The van der Waals surface area contributed by atoms with Crippen LogP contribution in [0.2, 0.25) is 0 Å². The Bertz CT molecular complexity index is 536. The van der Waals surface area contributed by atoms with E-state index in [-0.39, 0.29) is 16.6 Å². The predicted molar refractivity (Wildman–Crippen MR) is 69.6 cm³/mol. The average molecular weight is 288 g/mol. The van der Waals surface area contributed by atoms with Crippen molar-refractivity contribution in [2.75, 3.05) is 26.0 Å². The molecule has 2 rings (SSSR count). The summed E-state index contributed by atoms with van der Waals surface area (Å²) in [6, 6.07) is 3.23. The summed E-state index contributed by atoms with van der Waals surface area (Å²) in [6.07, 6.45) is 1.28. The molecule has 0 spiro atoms. The van der Waals surface area contributed by atoms with Crippen LogP contribution >= 0.6 is 0 Å². The normalized spacial score (nSPS) is 17.8. The fourth-order valence-corrected chi connectivity index (χ4v) is 3.63. The topological polar surface area (TPSA) is 72.6 Å². The minimum Gasteiger partial charge on any atom is -0.399 e. The fourth-order valence-electron chi connectivity index (χ4n) is 2.14. The molecule has 2 N–H and O–H groups in total. The van der Waals surface area contributed by atoms with Gasteiger partial charge in [0.2, 0.25) is 10.0 Å². The molecule has 0 unspecified atom stereocenters. The van der Waals surface area contributed by atoms with E-state index in [9.17, 15) is 12.8 Å². The Balaban J connectivity index is 2.30. The van der Waals surface area contributed by atoms with Gasteiger partial charge in [0, 0.05) is 32.0 Å². The lowest BCUT2D eigenvalue weighted by atomic mass is 10.1. The van der Waals surface area contributed by atoms with Crippen LogP contribution in [0.1, 0.15) is 12.8 Å². The van der Waals surface area contributed by atoms with E-state index >= 15 is 0 Å². The molecular weight excluding hydrogens is 271 g/mol. The van der Waals surface area contributed by atoms with Crippen molar-refractivity contribution in [3.8, 4) is 0 Å². The number of nitrogens with zero attached hydrogens (tertiary/aromatic N) is 1. The van der Waals surface area contributed by atoms with Crippen molar-refractivity contribution in [1.29, 1.82) is 0 Å². The molecule has 0 amide bonds. The summed E-state index contributed by atoms with van der Waals surface area (Å²) in [4.78, 5) is -0.112. The first kappa shape index (κ1) is 14.2. The quantitative estimate of drug-likeness (QED) is 0.848. The number of halogens is 1. The number of nitrogens with two attached hydrogens (primary N) is 1. The Kier molecular flexibility index (Phi) is 4.07. The van der Waals surface area contributed by atoms with Crippen molar-refractivity contribution < 1.29 is 17.5 Å². The Labute approximate surface area is 112 Å². The van der Waals surface area contributed by atoms with Crippen LogP contribution in [-0.4, -0.2) is 39.0 Å². The van der Waals surface area contributed by atoms with E-state index in [1.807, 2.05) is 0 Å². The standard InChI is InChI=1S/C12H17FN2O3S/c1-15(11-2-4-18-5-3-11)19(16,17)12-7-9(13)6-10(14)8-12/h6-8,11H,2-5,14H2,1H3. The van der Waals surface area contributed by atoms with Gasteiger partial charge in [0.05, 0.1) is 4.90 Å². The monoisotopic (exact) mass is 288 g/mol. The van der Waals surface area contributed by atoms with Gasteiger partial charge >= 0.3 is 0 Å². The summed E-state index contributed by atoms with van der Waals surface area (Å²) >= 11 is 0. The van der Waals surface area contributed by atoms with Crippen LogP contribution in [0.25, 0.3) is 0 Å². The molecule has 1 aliphatic heterocycles. The molecule has 1 fully saturated rings. The largest absolute Gasteiger partial charge is 0.399 e. The number of ether oxygens (including phenoxy) is 1. The van der Waals surface area contributed by atoms with E-state index in [1.54, 1.807) is 0 Å². The van der Waals surface area contributed by atoms with Crippen LogP contribution in [0, 0.1) is 5.82 Å². The molecule has 1 saturated heterocycles. The van der Waals surface area contributed by atoms with Gasteiger partial charge in [-0.3, -0.25) is 0 Å². The number of hydrogen-bond donors (Lipinski definition) is 1. The van der Waals surface area contributed by atoms with Gasteiger partial charge in [-0.1, -0.05) is 0 Å². The first-order valence-corrected chi connectivity index (χ1v) is 7.47. The average Bonchev–Trinajstić information content (AvgIpc) is 2.37. The molecule has 19 heavy (non-hydrogen) atoms. The highest BCUT2D eigenvalue weighted by atomic mass is 32.2. The summed E-state index contributed by atoms with van der Waals surface area (Å²) in [5.41, 5.74) is 5.59.